The van der Waals surface area contributed by atoms with Crippen molar-refractivity contribution in [1.82, 2.24) is 10.6 Å². The van der Waals surface area contributed by atoms with E-state index in [0.29, 0.717) is 5.92 Å². The van der Waals surface area contributed by atoms with Gasteiger partial charge in [-0.1, -0.05) is 55.7 Å². The number of nitrogens with two attached hydrogens (primary N) is 1. The van der Waals surface area contributed by atoms with E-state index in [2.05, 4.69) is 22.8 Å². The van der Waals surface area contributed by atoms with E-state index in [9.17, 15) is 9.59 Å². The Labute approximate surface area is 162 Å². The van der Waals surface area contributed by atoms with E-state index in [1.165, 1.54) is 37.7 Å². The van der Waals surface area contributed by atoms with E-state index in [4.69, 9.17) is 5.73 Å². The van der Waals surface area contributed by atoms with E-state index >= 15 is 0 Å². The molecule has 1 aliphatic rings. The van der Waals surface area contributed by atoms with Crippen LogP contribution in [0.4, 0.5) is 0 Å². The summed E-state index contributed by atoms with van der Waals surface area (Å²) in [7, 11) is 0. The number of hydrogen-bond donors (Lipinski definition) is 3. The first-order valence-corrected chi connectivity index (χ1v) is 10.1. The fourth-order valence-electron chi connectivity index (χ4n) is 3.40. The Kier molecular flexibility index (Phi) is 9.05. The molecule has 0 spiro atoms. The number of carbonyl (C=O) groups is 2. The summed E-state index contributed by atoms with van der Waals surface area (Å²) in [6, 6.07) is 9.31. The van der Waals surface area contributed by atoms with Crippen molar-refractivity contribution in [2.45, 2.75) is 64.0 Å². The minimum atomic E-state index is -0.572. The summed E-state index contributed by atoms with van der Waals surface area (Å²) in [5.41, 5.74) is 6.86. The van der Waals surface area contributed by atoms with Gasteiger partial charge in [0, 0.05) is 18.7 Å². The van der Waals surface area contributed by atoms with Crippen LogP contribution in [0.5, 0.6) is 0 Å². The number of carbonyl (C=O) groups excluding carboxylic acids is 2. The molecule has 1 saturated carbocycles. The van der Waals surface area contributed by atoms with Crippen LogP contribution in [0.25, 0.3) is 0 Å². The van der Waals surface area contributed by atoms with Crippen LogP contribution in [0.2, 0.25) is 0 Å². The molecule has 0 aromatic heterocycles. The summed E-state index contributed by atoms with van der Waals surface area (Å²) in [5, 5.41) is 5.91. The molecule has 1 aromatic carbocycles. The van der Waals surface area contributed by atoms with Crippen molar-refractivity contribution in [3.63, 3.8) is 0 Å². The molecule has 0 bridgehead atoms. The number of amides is 2. The van der Waals surface area contributed by atoms with Gasteiger partial charge < -0.3 is 16.4 Å². The Hall–Kier alpha value is -2.14. The van der Waals surface area contributed by atoms with Crippen LogP contribution in [0.15, 0.2) is 42.5 Å². The Balaban J connectivity index is 1.85. The molecule has 0 aliphatic heterocycles. The molecule has 1 aliphatic carbocycles. The van der Waals surface area contributed by atoms with Crippen molar-refractivity contribution in [2.24, 2.45) is 11.7 Å². The number of benzene rings is 1. The number of nitrogens with one attached hydrogen (secondary N) is 2. The first-order chi connectivity index (χ1) is 13.0. The first kappa shape index (κ1) is 21.2. The monoisotopic (exact) mass is 371 g/mol. The van der Waals surface area contributed by atoms with Gasteiger partial charge in [-0.3, -0.25) is 9.59 Å². The molecule has 5 nitrogen and oxygen atoms in total. The smallest absolute Gasteiger partial charge is 0.243 e. The van der Waals surface area contributed by atoms with E-state index in [1.807, 2.05) is 18.2 Å². The maximum Gasteiger partial charge on any atom is 0.243 e. The molecule has 5 heteroatoms. The van der Waals surface area contributed by atoms with E-state index in [0.717, 1.165) is 19.4 Å². The highest BCUT2D eigenvalue weighted by Gasteiger charge is 2.15. The van der Waals surface area contributed by atoms with Gasteiger partial charge in [-0.2, -0.15) is 0 Å². The number of rotatable bonds is 9. The van der Waals surface area contributed by atoms with Crippen LogP contribution >= 0.6 is 0 Å². The average Bonchev–Trinajstić information content (AvgIpc) is 2.69. The Morgan fingerprint density at radius 3 is 2.56 bits per heavy atom. The lowest BCUT2D eigenvalue weighted by atomic mass is 9.89. The maximum absolute atomic E-state index is 12.1. The highest BCUT2D eigenvalue weighted by Crippen LogP contribution is 2.22. The quantitative estimate of drug-likeness (QED) is 0.584. The summed E-state index contributed by atoms with van der Waals surface area (Å²) in [6.07, 6.45) is 11.1. The van der Waals surface area contributed by atoms with Gasteiger partial charge in [-0.15, -0.1) is 0 Å². The molecule has 0 heterocycles. The predicted octanol–water partition coefficient (Wildman–Crippen LogP) is 2.70. The zero-order valence-electron chi connectivity index (χ0n) is 16.3. The molecule has 0 unspecified atom stereocenters. The summed E-state index contributed by atoms with van der Waals surface area (Å²) in [5.74, 6) is 0.295. The third kappa shape index (κ3) is 8.39. The second kappa shape index (κ2) is 11.5. The van der Waals surface area contributed by atoms with Gasteiger partial charge in [-0.05, 0) is 44.1 Å². The van der Waals surface area contributed by atoms with Crippen molar-refractivity contribution in [1.29, 1.82) is 0 Å². The fourth-order valence-corrected chi connectivity index (χ4v) is 3.40. The van der Waals surface area contributed by atoms with Crippen LogP contribution in [0.1, 0.15) is 51.0 Å². The standard InChI is InChI=1S/C22H33N3O2/c1-17(23)22(27)25-20(13-12-18-8-4-2-5-9-18)14-15-21(26)24-16-19-10-6-3-7-11-19/h2,4-5,8-9,14-15,17,19-20H,3,6-7,10-13,16,23H2,1H3,(H,24,26)(H,25,27)/b15-14+/t17-,20-/m0/s1. The van der Waals surface area contributed by atoms with Crippen molar-refractivity contribution in [3.05, 3.63) is 48.0 Å². The van der Waals surface area contributed by atoms with Crippen LogP contribution in [0.3, 0.4) is 0 Å². The molecular formula is C22H33N3O2. The fraction of sp³-hybridized carbons (Fsp3) is 0.545. The second-order valence-corrected chi connectivity index (χ2v) is 7.54. The summed E-state index contributed by atoms with van der Waals surface area (Å²) in [6.45, 7) is 2.40. The molecule has 27 heavy (non-hydrogen) atoms. The lowest BCUT2D eigenvalue weighted by Crippen LogP contribution is -2.43. The number of hydrogen-bond acceptors (Lipinski definition) is 3. The van der Waals surface area contributed by atoms with Crippen molar-refractivity contribution in [2.75, 3.05) is 6.54 Å². The molecule has 1 aromatic rings. The maximum atomic E-state index is 12.1. The lowest BCUT2D eigenvalue weighted by Gasteiger charge is -2.21. The summed E-state index contributed by atoms with van der Waals surface area (Å²) in [4.78, 5) is 24.1. The average molecular weight is 372 g/mol. The van der Waals surface area contributed by atoms with Crippen molar-refractivity contribution < 1.29 is 9.59 Å². The third-order valence-electron chi connectivity index (χ3n) is 5.10. The van der Waals surface area contributed by atoms with Crippen LogP contribution in [0, 0.1) is 5.92 Å². The van der Waals surface area contributed by atoms with E-state index in [1.54, 1.807) is 19.1 Å². The highest BCUT2D eigenvalue weighted by molar-refractivity contribution is 5.87. The van der Waals surface area contributed by atoms with Gasteiger partial charge in [-0.25, -0.2) is 0 Å². The summed E-state index contributed by atoms with van der Waals surface area (Å²) >= 11 is 0. The molecule has 2 atom stereocenters. The summed E-state index contributed by atoms with van der Waals surface area (Å²) < 4.78 is 0. The predicted molar refractivity (Wildman–Crippen MR) is 109 cm³/mol. The van der Waals surface area contributed by atoms with Crippen molar-refractivity contribution in [3.8, 4) is 0 Å². The topological polar surface area (TPSA) is 84.2 Å². The molecule has 4 N–H and O–H groups in total. The zero-order valence-corrected chi connectivity index (χ0v) is 16.3. The van der Waals surface area contributed by atoms with Gasteiger partial charge in [0.05, 0.1) is 6.04 Å². The van der Waals surface area contributed by atoms with E-state index in [-0.39, 0.29) is 17.9 Å². The molecular weight excluding hydrogens is 338 g/mol. The van der Waals surface area contributed by atoms with Gasteiger partial charge in [0.25, 0.3) is 0 Å². The molecule has 2 rings (SSSR count). The largest absolute Gasteiger partial charge is 0.352 e. The third-order valence-corrected chi connectivity index (χ3v) is 5.10. The van der Waals surface area contributed by atoms with Gasteiger partial charge in [0.1, 0.15) is 0 Å². The lowest BCUT2D eigenvalue weighted by molar-refractivity contribution is -0.122. The minimum absolute atomic E-state index is 0.0969. The van der Waals surface area contributed by atoms with Crippen LogP contribution < -0.4 is 16.4 Å². The zero-order chi connectivity index (χ0) is 19.5. The normalized spacial score (nSPS) is 17.4. The van der Waals surface area contributed by atoms with Crippen LogP contribution in [-0.2, 0) is 16.0 Å². The highest BCUT2D eigenvalue weighted by atomic mass is 16.2. The minimum Gasteiger partial charge on any atom is -0.352 e. The van der Waals surface area contributed by atoms with Gasteiger partial charge in [0.2, 0.25) is 11.8 Å². The van der Waals surface area contributed by atoms with Gasteiger partial charge in [0.15, 0.2) is 0 Å². The molecule has 1 fully saturated rings. The Morgan fingerprint density at radius 2 is 1.89 bits per heavy atom. The molecule has 0 radical (unpaired) electrons. The van der Waals surface area contributed by atoms with Gasteiger partial charge >= 0.3 is 0 Å². The Bertz CT molecular complexity index is 607. The van der Waals surface area contributed by atoms with Crippen LogP contribution in [-0.4, -0.2) is 30.4 Å². The first-order valence-electron chi connectivity index (χ1n) is 10.1. The van der Waals surface area contributed by atoms with E-state index < -0.39 is 6.04 Å². The number of aryl methyl sites for hydroxylation is 1. The molecule has 2 amide bonds. The molecule has 0 saturated heterocycles. The van der Waals surface area contributed by atoms with Crippen molar-refractivity contribution >= 4 is 11.8 Å². The second-order valence-electron chi connectivity index (χ2n) is 7.54. The SMILES string of the molecule is C[C@H](N)C(=O)N[C@H](/C=C/C(=O)NCC1CCCCC1)CCc1ccccc1. The Morgan fingerprint density at radius 1 is 1.19 bits per heavy atom. The molecule has 148 valence electrons.